The second-order valence-corrected chi connectivity index (χ2v) is 8.59. The van der Waals surface area contributed by atoms with Crippen LogP contribution in [0.1, 0.15) is 24.3 Å². The Hall–Kier alpha value is -4.44. The molecule has 4 rings (SSSR count). The van der Waals surface area contributed by atoms with Crippen molar-refractivity contribution in [3.63, 3.8) is 0 Å². The predicted molar refractivity (Wildman–Crippen MR) is 146 cm³/mol. The Labute approximate surface area is 220 Å². The normalized spacial score (nSPS) is 11.0. The standard InChI is InChI=1S/C28H31FN6O3/c1-4-34(5-2)14-15-35-13-11-19-16-20(6-9-26(19)35)32-28(37)33-24-8-7-21(17-23(24)29)38-22-10-12-31-25(18-22)27(36)30-3/h6-13,16-18H,4-5,14-15H2,1-3H3,(H,30,36)(H2,32,33,37). The minimum absolute atomic E-state index is 0.000684. The van der Waals surface area contributed by atoms with Gasteiger partial charge in [0, 0.05) is 61.3 Å². The smallest absolute Gasteiger partial charge is 0.323 e. The van der Waals surface area contributed by atoms with Crippen LogP contribution in [0, 0.1) is 5.82 Å². The molecule has 2 aromatic carbocycles. The lowest BCUT2D eigenvalue weighted by Crippen LogP contribution is -2.26. The first kappa shape index (κ1) is 26.6. The van der Waals surface area contributed by atoms with Gasteiger partial charge in [0.1, 0.15) is 23.0 Å². The van der Waals surface area contributed by atoms with E-state index in [2.05, 4.69) is 44.2 Å². The molecule has 0 atom stereocenters. The van der Waals surface area contributed by atoms with Crippen molar-refractivity contribution in [2.24, 2.45) is 0 Å². The van der Waals surface area contributed by atoms with Gasteiger partial charge in [-0.05, 0) is 55.6 Å². The van der Waals surface area contributed by atoms with Crippen LogP contribution in [0.15, 0.2) is 67.0 Å². The van der Waals surface area contributed by atoms with Crippen LogP contribution in [0.3, 0.4) is 0 Å². The van der Waals surface area contributed by atoms with Crippen LogP contribution in [0.5, 0.6) is 11.5 Å². The number of likely N-dealkylation sites (N-methyl/N-ethyl adjacent to an activating group) is 1. The number of anilines is 2. The molecule has 4 aromatic rings. The Balaban J connectivity index is 1.37. The fourth-order valence-corrected chi connectivity index (χ4v) is 4.07. The minimum Gasteiger partial charge on any atom is -0.457 e. The number of carbonyl (C=O) groups is 2. The lowest BCUT2D eigenvalue weighted by atomic mass is 10.2. The number of nitrogens with zero attached hydrogens (tertiary/aromatic N) is 3. The molecule has 0 saturated heterocycles. The molecule has 9 nitrogen and oxygen atoms in total. The van der Waals surface area contributed by atoms with Crippen molar-refractivity contribution in [3.8, 4) is 11.5 Å². The third kappa shape index (κ3) is 6.46. The topological polar surface area (TPSA) is 101 Å². The summed E-state index contributed by atoms with van der Waals surface area (Å²) in [6.07, 6.45) is 3.47. The Morgan fingerprint density at radius 1 is 1.00 bits per heavy atom. The molecule has 0 aliphatic heterocycles. The minimum atomic E-state index is -0.668. The van der Waals surface area contributed by atoms with Gasteiger partial charge in [-0.3, -0.25) is 9.78 Å². The van der Waals surface area contributed by atoms with Crippen LogP contribution in [0.4, 0.5) is 20.6 Å². The van der Waals surface area contributed by atoms with Gasteiger partial charge in [-0.2, -0.15) is 0 Å². The number of urea groups is 1. The molecule has 0 bridgehead atoms. The zero-order valence-electron chi connectivity index (χ0n) is 21.6. The number of ether oxygens (including phenoxy) is 1. The van der Waals surface area contributed by atoms with Crippen molar-refractivity contribution in [1.29, 1.82) is 0 Å². The van der Waals surface area contributed by atoms with Crippen LogP contribution < -0.4 is 20.7 Å². The summed E-state index contributed by atoms with van der Waals surface area (Å²) in [5.74, 6) is -0.495. The highest BCUT2D eigenvalue weighted by molar-refractivity contribution is 6.01. The zero-order valence-corrected chi connectivity index (χ0v) is 21.6. The van der Waals surface area contributed by atoms with Gasteiger partial charge in [0.15, 0.2) is 0 Å². The quantitative estimate of drug-likeness (QED) is 0.264. The number of carbonyl (C=O) groups excluding carboxylic acids is 2. The molecule has 0 spiro atoms. The summed E-state index contributed by atoms with van der Waals surface area (Å²) in [7, 11) is 1.50. The molecule has 0 aliphatic carbocycles. The van der Waals surface area contributed by atoms with Gasteiger partial charge in [-0.25, -0.2) is 9.18 Å². The van der Waals surface area contributed by atoms with Crippen LogP contribution in [0.2, 0.25) is 0 Å². The largest absolute Gasteiger partial charge is 0.457 e. The maximum Gasteiger partial charge on any atom is 0.323 e. The van der Waals surface area contributed by atoms with E-state index in [1.54, 1.807) is 6.07 Å². The highest BCUT2D eigenvalue weighted by atomic mass is 19.1. The monoisotopic (exact) mass is 518 g/mol. The van der Waals surface area contributed by atoms with Gasteiger partial charge in [0.2, 0.25) is 0 Å². The van der Waals surface area contributed by atoms with Crippen molar-refractivity contribution in [2.45, 2.75) is 20.4 Å². The zero-order chi connectivity index (χ0) is 27.1. The van der Waals surface area contributed by atoms with E-state index in [1.165, 1.54) is 31.4 Å². The molecule has 198 valence electrons. The van der Waals surface area contributed by atoms with Gasteiger partial charge in [0.05, 0.1) is 5.69 Å². The molecule has 0 unspecified atom stereocenters. The van der Waals surface area contributed by atoms with Gasteiger partial charge in [-0.15, -0.1) is 0 Å². The van der Waals surface area contributed by atoms with E-state index in [0.29, 0.717) is 11.4 Å². The van der Waals surface area contributed by atoms with Crippen LogP contribution >= 0.6 is 0 Å². The van der Waals surface area contributed by atoms with E-state index >= 15 is 0 Å². The number of nitrogens with one attached hydrogen (secondary N) is 3. The molecule has 38 heavy (non-hydrogen) atoms. The molecule has 3 amide bonds. The maximum absolute atomic E-state index is 14.7. The van der Waals surface area contributed by atoms with E-state index in [-0.39, 0.29) is 23.0 Å². The van der Waals surface area contributed by atoms with E-state index < -0.39 is 11.8 Å². The lowest BCUT2D eigenvalue weighted by Gasteiger charge is -2.18. The van der Waals surface area contributed by atoms with E-state index in [4.69, 9.17) is 4.74 Å². The highest BCUT2D eigenvalue weighted by Crippen LogP contribution is 2.26. The Bertz CT molecular complexity index is 1430. The summed E-state index contributed by atoms with van der Waals surface area (Å²) < 4.78 is 22.5. The van der Waals surface area contributed by atoms with Crippen molar-refractivity contribution >= 4 is 34.2 Å². The number of pyridine rings is 1. The van der Waals surface area contributed by atoms with E-state index in [9.17, 15) is 14.0 Å². The fourth-order valence-electron chi connectivity index (χ4n) is 4.07. The molecule has 0 fully saturated rings. The molecule has 2 heterocycles. The summed E-state index contributed by atoms with van der Waals surface area (Å²) in [6.45, 7) is 8.19. The molecule has 2 aromatic heterocycles. The second kappa shape index (κ2) is 12.2. The number of hydrogen-bond acceptors (Lipinski definition) is 5. The predicted octanol–water partition coefficient (Wildman–Crippen LogP) is 5.31. The fraction of sp³-hybridized carbons (Fsp3) is 0.250. The van der Waals surface area contributed by atoms with Crippen LogP contribution in [-0.2, 0) is 6.54 Å². The van der Waals surface area contributed by atoms with Crippen LogP contribution in [0.25, 0.3) is 10.9 Å². The Kier molecular flexibility index (Phi) is 8.55. The van der Waals surface area contributed by atoms with Gasteiger partial charge >= 0.3 is 6.03 Å². The molecular formula is C28H31FN6O3. The van der Waals surface area contributed by atoms with Crippen molar-refractivity contribution < 1.29 is 18.7 Å². The number of amides is 3. The Morgan fingerprint density at radius 2 is 1.79 bits per heavy atom. The summed E-state index contributed by atoms with van der Waals surface area (Å²) in [5, 5.41) is 8.77. The number of benzene rings is 2. The summed E-state index contributed by atoms with van der Waals surface area (Å²) >= 11 is 0. The first-order valence-electron chi connectivity index (χ1n) is 12.4. The number of halogens is 1. The Morgan fingerprint density at radius 3 is 2.53 bits per heavy atom. The molecule has 0 radical (unpaired) electrons. The molecule has 10 heteroatoms. The average Bonchev–Trinajstić information content (AvgIpc) is 3.32. The first-order valence-corrected chi connectivity index (χ1v) is 12.4. The lowest BCUT2D eigenvalue weighted by molar-refractivity contribution is 0.0957. The first-order chi connectivity index (χ1) is 18.4. The van der Waals surface area contributed by atoms with Crippen molar-refractivity contribution in [1.82, 2.24) is 19.8 Å². The van der Waals surface area contributed by atoms with Crippen molar-refractivity contribution in [3.05, 3.63) is 78.5 Å². The van der Waals surface area contributed by atoms with Gasteiger partial charge in [0.25, 0.3) is 5.91 Å². The number of aromatic nitrogens is 2. The third-order valence-corrected chi connectivity index (χ3v) is 6.20. The average molecular weight is 519 g/mol. The summed E-state index contributed by atoms with van der Waals surface area (Å²) in [6, 6.07) is 14.2. The van der Waals surface area contributed by atoms with E-state index in [1.807, 2.05) is 30.5 Å². The summed E-state index contributed by atoms with van der Waals surface area (Å²) in [5.41, 5.74) is 1.86. The van der Waals surface area contributed by atoms with Gasteiger partial charge in [-0.1, -0.05) is 13.8 Å². The van der Waals surface area contributed by atoms with E-state index in [0.717, 1.165) is 43.1 Å². The SMILES string of the molecule is CCN(CC)CCn1ccc2cc(NC(=O)Nc3ccc(Oc4ccnc(C(=O)NC)c4)cc3F)ccc21. The highest BCUT2D eigenvalue weighted by Gasteiger charge is 2.12. The van der Waals surface area contributed by atoms with Gasteiger partial charge < -0.3 is 30.2 Å². The molecule has 3 N–H and O–H groups in total. The van der Waals surface area contributed by atoms with Crippen LogP contribution in [-0.4, -0.2) is 53.1 Å². The molecule has 0 saturated carbocycles. The number of rotatable bonds is 10. The third-order valence-electron chi connectivity index (χ3n) is 6.20. The summed E-state index contributed by atoms with van der Waals surface area (Å²) in [4.78, 5) is 30.6. The number of fused-ring (bicyclic) bond motifs is 1. The number of hydrogen-bond donors (Lipinski definition) is 3. The molecule has 0 aliphatic rings. The maximum atomic E-state index is 14.7. The molecular weight excluding hydrogens is 487 g/mol. The van der Waals surface area contributed by atoms with Crippen molar-refractivity contribution in [2.75, 3.05) is 37.3 Å². The second-order valence-electron chi connectivity index (χ2n) is 8.59.